The van der Waals surface area contributed by atoms with Crippen LogP contribution >= 0.6 is 0 Å². The third kappa shape index (κ3) is 70.7. The van der Waals surface area contributed by atoms with Crippen LogP contribution in [0.3, 0.4) is 0 Å². The van der Waals surface area contributed by atoms with E-state index in [2.05, 4.69) is 369 Å². The average molecular weight is 1800 g/mol. The Morgan fingerprint density at radius 2 is 0.457 bits per heavy atom. The van der Waals surface area contributed by atoms with Crippen molar-refractivity contribution in [2.45, 2.75) is 464 Å². The van der Waals surface area contributed by atoms with Gasteiger partial charge in [-0.15, -0.1) is 0 Å². The van der Waals surface area contributed by atoms with Gasteiger partial charge in [0.1, 0.15) is 0 Å². The molecule has 0 radical (unpaired) electrons. The first-order valence-electron chi connectivity index (χ1n) is 53.3. The lowest BCUT2D eigenvalue weighted by Gasteiger charge is -2.46. The lowest BCUT2D eigenvalue weighted by atomic mass is 9.89. The second-order valence-electron chi connectivity index (χ2n) is 55.8. The maximum absolute atomic E-state index is 5.79. The average Bonchev–Trinajstić information content (AvgIpc) is 0.831. The second-order valence-corrected chi connectivity index (χ2v) is 55.8. The number of ether oxygens (including phenoxy) is 2. The number of piperazine rings is 5. The largest absolute Gasteiger partial charge is 0.381 e. The van der Waals surface area contributed by atoms with Gasteiger partial charge in [0.15, 0.2) is 0 Å². The molecule has 764 valence electrons. The van der Waals surface area contributed by atoms with Crippen molar-refractivity contribution >= 4 is 0 Å². The number of hydrogen-bond acceptors (Lipinski definition) is 15. The Balaban J connectivity index is 0.00000147. The summed E-state index contributed by atoms with van der Waals surface area (Å²) in [7, 11) is 4.60. The van der Waals surface area contributed by atoms with Crippen molar-refractivity contribution in [3.05, 3.63) is 0 Å². The van der Waals surface area contributed by atoms with E-state index in [1.807, 2.05) is 0 Å². The Kier molecular flexibility index (Phi) is 59.3. The summed E-state index contributed by atoms with van der Waals surface area (Å²) in [5.41, 5.74) is 5.66. The third-order valence-electron chi connectivity index (χ3n) is 27.0. The van der Waals surface area contributed by atoms with Crippen LogP contribution in [0.5, 0.6) is 0 Å². The molecule has 0 spiro atoms. The molecule has 0 aromatic rings. The highest BCUT2D eigenvalue weighted by molar-refractivity contribution is 4.91. The summed E-state index contributed by atoms with van der Waals surface area (Å²) in [5, 5.41) is 0. The Morgan fingerprint density at radius 1 is 0.205 bits per heavy atom. The van der Waals surface area contributed by atoms with Crippen molar-refractivity contribution in [1.29, 1.82) is 0 Å². The predicted octanol–water partition coefficient (Wildman–Crippen LogP) is 25.3. The van der Waals surface area contributed by atoms with Gasteiger partial charge in [0.25, 0.3) is 0 Å². The first-order valence-corrected chi connectivity index (χ1v) is 53.3. The lowest BCUT2D eigenvalue weighted by Crippen LogP contribution is -2.57. The van der Waals surface area contributed by atoms with Crippen LogP contribution in [0.4, 0.5) is 0 Å². The van der Waals surface area contributed by atoms with Crippen molar-refractivity contribution < 1.29 is 9.47 Å². The molecule has 0 bridgehead atoms. The van der Waals surface area contributed by atoms with E-state index in [1.54, 1.807) is 0 Å². The highest BCUT2D eigenvalue weighted by atomic mass is 16.5. The summed E-state index contributed by atoms with van der Waals surface area (Å²) in [5.74, 6) is 0. The molecule has 6 aliphatic rings. The van der Waals surface area contributed by atoms with E-state index >= 15 is 0 Å². The molecule has 6 aliphatic heterocycles. The van der Waals surface area contributed by atoms with Gasteiger partial charge in [0.05, 0.1) is 6.61 Å². The topological polar surface area (TPSA) is 60.6 Å². The van der Waals surface area contributed by atoms with Gasteiger partial charge in [-0.25, -0.2) is 0 Å². The van der Waals surface area contributed by atoms with Gasteiger partial charge in [-0.05, 0) is 307 Å². The zero-order valence-corrected chi connectivity index (χ0v) is 95.7. The van der Waals surface area contributed by atoms with Gasteiger partial charge < -0.3 is 34.0 Å². The quantitative estimate of drug-likeness (QED) is 0.0600. The van der Waals surface area contributed by atoms with Crippen molar-refractivity contribution in [3.8, 4) is 0 Å². The molecule has 0 aliphatic carbocycles. The summed E-state index contributed by atoms with van der Waals surface area (Å²) >= 11 is 0. The first-order chi connectivity index (χ1) is 57.6. The molecule has 6 heterocycles. The maximum Gasteiger partial charge on any atom is 0.0593 e. The van der Waals surface area contributed by atoms with Crippen LogP contribution in [0.15, 0.2) is 0 Å². The summed E-state index contributed by atoms with van der Waals surface area (Å²) in [6.45, 7) is 136. The highest BCUT2D eigenvalue weighted by Gasteiger charge is 2.34. The second kappa shape index (κ2) is 59.6. The molecule has 0 N–H and O–H groups in total. The number of rotatable bonds is 32. The van der Waals surface area contributed by atoms with E-state index in [-0.39, 0.29) is 0 Å². The first kappa shape index (κ1) is 126. The van der Waals surface area contributed by atoms with Crippen molar-refractivity contribution in [3.63, 3.8) is 0 Å². The van der Waals surface area contributed by atoms with Crippen molar-refractivity contribution in [2.24, 2.45) is 37.9 Å². The standard InChI is InChI=1S/C20H42N2.2C18H38N2O.C17H37N.C14H30N2.C13H28N2.C12H26N2/c1-19(2,3)14-10-8-9-11-15-21(7)18-12-16-22(17-13-18)20(4,5)6;1-17(2,3)9-7-15-21-16-8-10-19-11-13-20(14-12-19)18(4,5)6;1-17(2,3)9-7-8-15-21-16-14-19-10-12-20(13-11-19)18(4,5)6;1-16(2,3)12-10-8-9-11-14-18(7)15-13-17(4,5)6;1-13(2,3)7-8-15-9-11-16(12-10-15)14(4,5)6;1-12(2,3)11-14-7-9-15(10-8-14)13(4,5)6;1-11(2,3)13-7-9-14(10-8-13)12(4,5)6/h18H,8-17H2,1-7H3;2*7-16H2,1-6H3;8-15H2,1-7H3;7-12H2,1-6H3;7-11H2,1-6H3;7-10H2,1-6H3. The van der Waals surface area contributed by atoms with Gasteiger partial charge in [-0.3, -0.25) is 39.2 Å². The monoisotopic (exact) mass is 1800 g/mol. The number of likely N-dealkylation sites (tertiary alicyclic amines) is 1. The smallest absolute Gasteiger partial charge is 0.0593 e. The summed E-state index contributed by atoms with van der Waals surface area (Å²) in [6, 6.07) is 0.813. The van der Waals surface area contributed by atoms with Crippen LogP contribution in [-0.4, -0.2) is 339 Å². The third-order valence-corrected chi connectivity index (χ3v) is 27.0. The minimum atomic E-state index is 0.315. The van der Waals surface area contributed by atoms with Gasteiger partial charge in [-0.1, -0.05) is 190 Å². The number of nitrogens with zero attached hydrogens (tertiary/aromatic N) is 13. The molecule has 0 aromatic carbocycles. The Hall–Kier alpha value is -0.600. The normalized spacial score (nSPS) is 19.3. The Labute approximate surface area is 800 Å². The minimum absolute atomic E-state index is 0.315. The SMILES string of the molecule is CC(C)(C)CCCCOCCN1CCN(C(C)(C)C)CC1.CC(C)(C)CCCOCCCN1CCN(C(C)(C)C)CC1.CC(C)(C)CCN1CCN(C(C)(C)C)CC1.CC(C)(C)CN1CCN(C(C)(C)C)CC1.CC(C)(C)N1CCN(C(C)(C)C)CC1.CN(CCCCCCC(C)(C)C)C1CCN(C(C)(C)C)CC1.CN(CCCCCCC(C)(C)C)CCC(C)(C)C. The van der Waals surface area contributed by atoms with Gasteiger partial charge in [0, 0.05) is 228 Å². The zero-order valence-electron chi connectivity index (χ0n) is 95.7. The molecule has 15 nitrogen and oxygen atoms in total. The molecule has 0 aromatic heterocycles. The van der Waals surface area contributed by atoms with Crippen LogP contribution in [0, 0.1) is 37.9 Å². The van der Waals surface area contributed by atoms with E-state index < -0.39 is 0 Å². The number of hydrogen-bond donors (Lipinski definition) is 0. The molecule has 6 rings (SSSR count). The van der Waals surface area contributed by atoms with Crippen LogP contribution in [0.25, 0.3) is 0 Å². The van der Waals surface area contributed by atoms with Gasteiger partial charge in [0.2, 0.25) is 0 Å². The van der Waals surface area contributed by atoms with Gasteiger partial charge >= 0.3 is 0 Å². The molecule has 0 unspecified atom stereocenters. The van der Waals surface area contributed by atoms with Crippen molar-refractivity contribution in [2.75, 3.05) is 230 Å². The fraction of sp³-hybridized carbons (Fsp3) is 1.00. The van der Waals surface area contributed by atoms with Crippen molar-refractivity contribution in [1.82, 2.24) is 63.7 Å². The zero-order chi connectivity index (χ0) is 98.0. The predicted molar refractivity (Wildman–Crippen MR) is 569 cm³/mol. The van der Waals surface area contributed by atoms with E-state index in [1.165, 1.54) is 312 Å². The fourth-order valence-electron chi connectivity index (χ4n) is 17.6. The molecule has 0 amide bonds. The molecule has 15 heteroatoms. The van der Waals surface area contributed by atoms with E-state index in [4.69, 9.17) is 9.47 Å². The van der Waals surface area contributed by atoms with E-state index in [0.29, 0.717) is 76.7 Å². The van der Waals surface area contributed by atoms with E-state index in [0.717, 1.165) is 39.0 Å². The van der Waals surface area contributed by atoms with Gasteiger partial charge in [-0.2, -0.15) is 0 Å². The lowest BCUT2D eigenvalue weighted by molar-refractivity contribution is 0.0211. The van der Waals surface area contributed by atoms with Crippen LogP contribution < -0.4 is 0 Å². The Bertz CT molecular complexity index is 2530. The van der Waals surface area contributed by atoms with Crippen LogP contribution in [0.1, 0.15) is 419 Å². The molecular formula is C112H239N13O2. The summed E-state index contributed by atoms with van der Waals surface area (Å²) in [6.07, 6.45) is 26.6. The van der Waals surface area contributed by atoms with Crippen LogP contribution in [0.2, 0.25) is 0 Å². The van der Waals surface area contributed by atoms with E-state index in [9.17, 15) is 0 Å². The minimum Gasteiger partial charge on any atom is -0.381 e. The molecule has 0 saturated carbocycles. The molecule has 127 heavy (non-hydrogen) atoms. The number of piperidine rings is 1. The maximum atomic E-state index is 5.79. The van der Waals surface area contributed by atoms with Crippen LogP contribution in [-0.2, 0) is 9.47 Å². The molecule has 6 fully saturated rings. The molecule has 0 atom stereocenters. The summed E-state index contributed by atoms with van der Waals surface area (Å²) < 4.78 is 11.5. The fourth-order valence-corrected chi connectivity index (χ4v) is 17.6. The summed E-state index contributed by atoms with van der Waals surface area (Å²) in [4.78, 5) is 33.6. The number of unbranched alkanes of at least 4 members (excludes halogenated alkanes) is 7. The molecule has 6 saturated heterocycles. The molecular weight excluding hydrogens is 1560 g/mol. The highest BCUT2D eigenvalue weighted by Crippen LogP contribution is 2.30. The Morgan fingerprint density at radius 3 is 0.780 bits per heavy atom.